The lowest BCUT2D eigenvalue weighted by Gasteiger charge is -2.33. The highest BCUT2D eigenvalue weighted by atomic mass is 35.5. The Bertz CT molecular complexity index is 2060. The first-order chi connectivity index (χ1) is 21.7. The summed E-state index contributed by atoms with van der Waals surface area (Å²) in [5, 5.41) is 22.2. The van der Waals surface area contributed by atoms with E-state index in [1.165, 1.54) is 15.9 Å². The minimum atomic E-state index is -1.04. The van der Waals surface area contributed by atoms with Crippen LogP contribution in [0.5, 0.6) is 5.75 Å². The lowest BCUT2D eigenvalue weighted by molar-refractivity contribution is 0.0699. The molecule has 0 saturated carbocycles. The molecule has 6 rings (SSSR count). The number of fused-ring (bicyclic) bond motifs is 2. The van der Waals surface area contributed by atoms with Crippen LogP contribution in [0, 0.1) is 18.3 Å². The number of likely N-dealkylation sites (N-methyl/N-ethyl adjacent to an activating group) is 1. The van der Waals surface area contributed by atoms with Crippen LogP contribution in [-0.4, -0.2) is 75.3 Å². The molecule has 1 N–H and O–H groups in total. The molecule has 1 fully saturated rings. The van der Waals surface area contributed by atoms with Gasteiger partial charge in [-0.3, -0.25) is 14.3 Å². The topological polar surface area (TPSA) is 137 Å². The number of carbonyl (C=O) groups is 1. The van der Waals surface area contributed by atoms with Gasteiger partial charge >= 0.3 is 5.97 Å². The molecule has 1 saturated heterocycles. The van der Waals surface area contributed by atoms with E-state index >= 15 is 0 Å². The van der Waals surface area contributed by atoms with Crippen molar-refractivity contribution in [3.05, 3.63) is 73.9 Å². The summed E-state index contributed by atoms with van der Waals surface area (Å²) in [4.78, 5) is 43.7. The number of rotatable bonds is 8. The number of halogens is 1. The van der Waals surface area contributed by atoms with E-state index in [2.05, 4.69) is 25.9 Å². The van der Waals surface area contributed by atoms with E-state index in [1.54, 1.807) is 36.7 Å². The molecule has 0 radical (unpaired) electrons. The van der Waals surface area contributed by atoms with Crippen molar-refractivity contribution in [2.75, 3.05) is 44.7 Å². The number of aryl methyl sites for hydroxylation is 2. The molecule has 11 nitrogen and oxygen atoms in total. The van der Waals surface area contributed by atoms with Gasteiger partial charge in [-0.05, 0) is 44.7 Å². The van der Waals surface area contributed by atoms with Gasteiger partial charge < -0.3 is 19.6 Å². The highest BCUT2D eigenvalue weighted by Gasteiger charge is 2.23. The smallest absolute Gasteiger partial charge is 0.338 e. The first kappa shape index (κ1) is 30.5. The second-order valence-electron chi connectivity index (χ2n) is 10.9. The number of anilines is 1. The molecule has 4 aromatic heterocycles. The van der Waals surface area contributed by atoms with E-state index in [0.717, 1.165) is 29.0 Å². The average Bonchev–Trinajstić information content (AvgIpc) is 3.47. The van der Waals surface area contributed by atoms with Gasteiger partial charge in [-0.1, -0.05) is 18.5 Å². The number of ether oxygens (including phenoxy) is 1. The Balaban J connectivity index is 1.34. The van der Waals surface area contributed by atoms with Crippen LogP contribution in [0.3, 0.4) is 0 Å². The Kier molecular flexibility index (Phi) is 8.42. The van der Waals surface area contributed by atoms with Crippen molar-refractivity contribution < 1.29 is 14.6 Å². The van der Waals surface area contributed by atoms with Crippen LogP contribution in [-0.2, 0) is 13.0 Å². The van der Waals surface area contributed by atoms with E-state index in [9.17, 15) is 20.0 Å². The summed E-state index contributed by atoms with van der Waals surface area (Å²) in [5.74, 6) is 0.474. The van der Waals surface area contributed by atoms with Gasteiger partial charge in [-0.2, -0.15) is 5.26 Å². The van der Waals surface area contributed by atoms with Crippen molar-refractivity contribution in [2.24, 2.45) is 0 Å². The van der Waals surface area contributed by atoms with Gasteiger partial charge in [-0.25, -0.2) is 14.8 Å². The van der Waals surface area contributed by atoms with Gasteiger partial charge in [0.05, 0.1) is 39.4 Å². The minimum Gasteiger partial charge on any atom is -0.491 e. The highest BCUT2D eigenvalue weighted by Crippen LogP contribution is 2.40. The van der Waals surface area contributed by atoms with Crippen molar-refractivity contribution in [3.63, 3.8) is 0 Å². The molecule has 5 aromatic rings. The zero-order valence-electron chi connectivity index (χ0n) is 25.0. The molecule has 0 spiro atoms. The fraction of sp³-hybridized carbons (Fsp3) is 0.312. The fourth-order valence-corrected chi connectivity index (χ4v) is 6.80. The van der Waals surface area contributed by atoms with Crippen LogP contribution in [0.1, 0.15) is 34.4 Å². The number of benzene rings is 1. The normalized spacial score (nSPS) is 13.8. The Labute approximate surface area is 267 Å². The summed E-state index contributed by atoms with van der Waals surface area (Å²) in [6.07, 6.45) is 2.18. The molecule has 5 heterocycles. The van der Waals surface area contributed by atoms with Gasteiger partial charge in [0, 0.05) is 53.4 Å². The summed E-state index contributed by atoms with van der Waals surface area (Å²) >= 11 is 7.73. The van der Waals surface area contributed by atoms with Crippen molar-refractivity contribution in [1.82, 2.24) is 24.4 Å². The number of pyridine rings is 2. The highest BCUT2D eigenvalue weighted by molar-refractivity contribution is 7.18. The van der Waals surface area contributed by atoms with Crippen LogP contribution in [0.15, 0.2) is 40.6 Å². The maximum absolute atomic E-state index is 13.9. The number of carboxylic acid groups (broad SMARTS) is 1. The Hall–Kier alpha value is -4.57. The average molecular weight is 644 g/mol. The molecule has 1 aliphatic rings. The number of aromatic carboxylic acids is 1. The molecule has 0 unspecified atom stereocenters. The summed E-state index contributed by atoms with van der Waals surface area (Å²) in [5.41, 5.74) is 3.08. The Morgan fingerprint density at radius 2 is 1.96 bits per heavy atom. The molecular weight excluding hydrogens is 614 g/mol. The minimum absolute atomic E-state index is 0.126. The summed E-state index contributed by atoms with van der Waals surface area (Å²) in [6, 6.07) is 9.42. The SMILES string of the molecule is CCc1cc(-c2cc(Cl)ccc2OCCn2c(C)nc3cnc(N4CCN(C)CC4)c(C#N)c3c2=O)c2scc(C(=O)O)c2n1. The van der Waals surface area contributed by atoms with Crippen LogP contribution < -0.4 is 15.2 Å². The predicted molar refractivity (Wildman–Crippen MR) is 175 cm³/mol. The number of nitriles is 1. The van der Waals surface area contributed by atoms with Gasteiger partial charge in [0.2, 0.25) is 0 Å². The molecule has 230 valence electrons. The van der Waals surface area contributed by atoms with E-state index in [4.69, 9.17) is 16.3 Å². The molecule has 0 amide bonds. The van der Waals surface area contributed by atoms with Crippen molar-refractivity contribution >= 4 is 55.8 Å². The summed E-state index contributed by atoms with van der Waals surface area (Å²) < 4.78 is 8.50. The first-order valence-corrected chi connectivity index (χ1v) is 15.8. The van der Waals surface area contributed by atoms with Crippen LogP contribution in [0.2, 0.25) is 5.02 Å². The number of hydrogen-bond donors (Lipinski definition) is 1. The monoisotopic (exact) mass is 643 g/mol. The van der Waals surface area contributed by atoms with Gasteiger partial charge in [0.15, 0.2) is 0 Å². The predicted octanol–water partition coefficient (Wildman–Crippen LogP) is 4.99. The number of nitrogens with zero attached hydrogens (tertiary/aromatic N) is 7. The van der Waals surface area contributed by atoms with Crippen LogP contribution in [0.25, 0.3) is 32.2 Å². The zero-order chi connectivity index (χ0) is 31.8. The van der Waals surface area contributed by atoms with E-state index in [1.807, 2.05) is 24.9 Å². The number of thiophene rings is 1. The largest absolute Gasteiger partial charge is 0.491 e. The maximum atomic E-state index is 13.9. The third-order valence-corrected chi connectivity index (χ3v) is 9.30. The number of hydrogen-bond acceptors (Lipinski definition) is 10. The quantitative estimate of drug-likeness (QED) is 0.246. The van der Waals surface area contributed by atoms with Gasteiger partial charge in [0.1, 0.15) is 35.6 Å². The number of carboxylic acids is 1. The molecule has 0 aliphatic carbocycles. The summed E-state index contributed by atoms with van der Waals surface area (Å²) in [6.45, 7) is 7.10. The third kappa shape index (κ3) is 5.70. The standard InChI is InChI=1S/C32H30ClN7O4S/c1-4-20-14-22(29-28(37-20)24(17-45-29)32(42)43)21-13-19(33)5-6-26(21)44-12-11-40-18(2)36-25-16-35-30(23(15-34)27(25)31(40)41)39-9-7-38(3)8-10-39/h5-6,13-14,16-17H,4,7-12H2,1-3H3,(H,42,43). The third-order valence-electron chi connectivity index (χ3n) is 8.06. The Morgan fingerprint density at radius 1 is 1.18 bits per heavy atom. The van der Waals surface area contributed by atoms with E-state index < -0.39 is 5.97 Å². The second-order valence-corrected chi connectivity index (χ2v) is 12.2. The zero-order valence-corrected chi connectivity index (χ0v) is 26.6. The van der Waals surface area contributed by atoms with Crippen molar-refractivity contribution in [2.45, 2.75) is 26.8 Å². The molecule has 1 aromatic carbocycles. The van der Waals surface area contributed by atoms with Crippen LogP contribution in [0.4, 0.5) is 5.82 Å². The van der Waals surface area contributed by atoms with Crippen LogP contribution >= 0.6 is 22.9 Å². The molecular formula is C32H30ClN7O4S. The fourth-order valence-electron chi connectivity index (χ4n) is 5.62. The molecule has 1 aliphatic heterocycles. The first-order valence-electron chi connectivity index (χ1n) is 14.5. The lowest BCUT2D eigenvalue weighted by atomic mass is 10.0. The molecule has 0 bridgehead atoms. The van der Waals surface area contributed by atoms with E-state index in [-0.39, 0.29) is 35.2 Å². The second kappa shape index (κ2) is 12.4. The lowest BCUT2D eigenvalue weighted by Crippen LogP contribution is -2.45. The van der Waals surface area contributed by atoms with E-state index in [0.29, 0.717) is 58.5 Å². The summed E-state index contributed by atoms with van der Waals surface area (Å²) in [7, 11) is 2.05. The number of aromatic nitrogens is 4. The Morgan fingerprint density at radius 3 is 2.67 bits per heavy atom. The number of piperazine rings is 1. The van der Waals surface area contributed by atoms with Crippen molar-refractivity contribution in [1.29, 1.82) is 5.26 Å². The van der Waals surface area contributed by atoms with Crippen molar-refractivity contribution in [3.8, 4) is 22.9 Å². The molecule has 45 heavy (non-hydrogen) atoms. The van der Waals surface area contributed by atoms with Gasteiger partial charge in [0.25, 0.3) is 5.56 Å². The maximum Gasteiger partial charge on any atom is 0.338 e. The molecule has 0 atom stereocenters. The molecule has 13 heteroatoms. The van der Waals surface area contributed by atoms with Gasteiger partial charge in [-0.15, -0.1) is 11.3 Å².